The SMILES string of the molecule is N#Cc1ccc(C(=O)O[C@H]2CS(=O)C[C@H]2OC(=O)c2ccc(C#N)cc2)cc1. The van der Waals surface area contributed by atoms with Gasteiger partial charge in [0.15, 0.2) is 12.2 Å². The van der Waals surface area contributed by atoms with Gasteiger partial charge >= 0.3 is 11.9 Å². The van der Waals surface area contributed by atoms with Crippen LogP contribution in [0.2, 0.25) is 0 Å². The molecule has 2 aromatic rings. The van der Waals surface area contributed by atoms with Crippen molar-refractivity contribution in [1.82, 2.24) is 0 Å². The number of ether oxygens (including phenoxy) is 2. The maximum atomic E-state index is 12.3. The minimum absolute atomic E-state index is 0.0767. The van der Waals surface area contributed by atoms with Crippen molar-refractivity contribution in [2.24, 2.45) is 0 Å². The molecule has 7 nitrogen and oxygen atoms in total. The molecule has 1 aliphatic rings. The lowest BCUT2D eigenvalue weighted by Gasteiger charge is -2.19. The fraction of sp³-hybridized carbons (Fsp3) is 0.200. The summed E-state index contributed by atoms with van der Waals surface area (Å²) in [5, 5.41) is 17.6. The van der Waals surface area contributed by atoms with Crippen LogP contribution in [-0.4, -0.2) is 39.9 Å². The molecule has 1 fully saturated rings. The molecule has 1 saturated heterocycles. The average molecular weight is 394 g/mol. The molecule has 1 aliphatic heterocycles. The first-order valence-corrected chi connectivity index (χ1v) is 9.76. The highest BCUT2D eigenvalue weighted by molar-refractivity contribution is 7.85. The van der Waals surface area contributed by atoms with Gasteiger partial charge in [-0.3, -0.25) is 4.21 Å². The Morgan fingerprint density at radius 1 is 0.786 bits per heavy atom. The monoisotopic (exact) mass is 394 g/mol. The van der Waals surface area contributed by atoms with Crippen molar-refractivity contribution >= 4 is 22.7 Å². The molecule has 8 heteroatoms. The molecular formula is C20H14N2O5S. The predicted molar refractivity (Wildman–Crippen MR) is 98.6 cm³/mol. The lowest BCUT2D eigenvalue weighted by Crippen LogP contribution is -2.34. The first-order chi connectivity index (χ1) is 13.5. The van der Waals surface area contributed by atoms with Crippen molar-refractivity contribution in [2.75, 3.05) is 11.5 Å². The molecule has 0 amide bonds. The van der Waals surface area contributed by atoms with Gasteiger partial charge < -0.3 is 9.47 Å². The number of hydrogen-bond donors (Lipinski definition) is 0. The van der Waals surface area contributed by atoms with Gasteiger partial charge in [-0.25, -0.2) is 9.59 Å². The van der Waals surface area contributed by atoms with E-state index in [9.17, 15) is 13.8 Å². The maximum absolute atomic E-state index is 12.3. The zero-order valence-electron chi connectivity index (χ0n) is 14.5. The smallest absolute Gasteiger partial charge is 0.338 e. The highest BCUT2D eigenvalue weighted by Gasteiger charge is 2.38. The summed E-state index contributed by atoms with van der Waals surface area (Å²) < 4.78 is 22.7. The minimum Gasteiger partial charge on any atom is -0.454 e. The summed E-state index contributed by atoms with van der Waals surface area (Å²) in [5.74, 6) is -1.14. The Balaban J connectivity index is 1.67. The zero-order chi connectivity index (χ0) is 20.1. The number of benzene rings is 2. The van der Waals surface area contributed by atoms with Gasteiger partial charge in [0.1, 0.15) is 0 Å². The molecule has 0 radical (unpaired) electrons. The zero-order valence-corrected chi connectivity index (χ0v) is 15.3. The number of nitriles is 2. The second-order valence-electron chi connectivity index (χ2n) is 6.04. The third kappa shape index (κ3) is 4.43. The highest BCUT2D eigenvalue weighted by atomic mass is 32.2. The quantitative estimate of drug-likeness (QED) is 0.727. The van der Waals surface area contributed by atoms with Crippen molar-refractivity contribution in [1.29, 1.82) is 10.5 Å². The number of carbonyl (C=O) groups excluding carboxylic acids is 2. The second-order valence-corrected chi connectivity index (χ2v) is 7.59. The number of hydrogen-bond acceptors (Lipinski definition) is 7. The Morgan fingerprint density at radius 2 is 1.14 bits per heavy atom. The van der Waals surface area contributed by atoms with Crippen molar-refractivity contribution in [2.45, 2.75) is 12.2 Å². The van der Waals surface area contributed by atoms with Crippen LogP contribution in [-0.2, 0) is 20.3 Å². The van der Waals surface area contributed by atoms with E-state index in [1.807, 2.05) is 12.1 Å². The molecule has 0 spiro atoms. The molecule has 1 heterocycles. The lowest BCUT2D eigenvalue weighted by atomic mass is 10.1. The van der Waals surface area contributed by atoms with Crippen molar-refractivity contribution < 1.29 is 23.3 Å². The van der Waals surface area contributed by atoms with Crippen LogP contribution in [0.3, 0.4) is 0 Å². The van der Waals surface area contributed by atoms with Crippen LogP contribution in [0.1, 0.15) is 31.8 Å². The maximum Gasteiger partial charge on any atom is 0.338 e. The van der Waals surface area contributed by atoms with Gasteiger partial charge in [0.25, 0.3) is 0 Å². The van der Waals surface area contributed by atoms with E-state index in [1.54, 1.807) is 0 Å². The van der Waals surface area contributed by atoms with Crippen LogP contribution in [0.4, 0.5) is 0 Å². The third-order valence-corrected chi connectivity index (χ3v) is 5.53. The first-order valence-electron chi connectivity index (χ1n) is 8.27. The van der Waals surface area contributed by atoms with E-state index in [-0.39, 0.29) is 22.6 Å². The largest absolute Gasteiger partial charge is 0.454 e. The lowest BCUT2D eigenvalue weighted by molar-refractivity contribution is -0.0176. The molecule has 0 aliphatic carbocycles. The summed E-state index contributed by atoms with van der Waals surface area (Å²) in [5.41, 5.74) is 1.31. The molecule has 3 rings (SSSR count). The Hall–Kier alpha value is -3.49. The van der Waals surface area contributed by atoms with E-state index in [4.69, 9.17) is 20.0 Å². The van der Waals surface area contributed by atoms with E-state index in [0.717, 1.165) is 0 Å². The Labute approximate surface area is 163 Å². The van der Waals surface area contributed by atoms with Crippen LogP contribution >= 0.6 is 0 Å². The second kappa shape index (κ2) is 8.47. The van der Waals surface area contributed by atoms with Gasteiger partial charge in [0, 0.05) is 10.8 Å². The molecule has 0 saturated carbocycles. The molecule has 0 aromatic heterocycles. The number of carbonyl (C=O) groups is 2. The predicted octanol–water partition coefficient (Wildman–Crippen LogP) is 1.94. The van der Waals surface area contributed by atoms with Gasteiger partial charge in [-0.15, -0.1) is 0 Å². The number of esters is 2. The van der Waals surface area contributed by atoms with Crippen molar-refractivity contribution in [3.05, 3.63) is 70.8 Å². The Morgan fingerprint density at radius 3 is 1.46 bits per heavy atom. The molecule has 2 aromatic carbocycles. The van der Waals surface area contributed by atoms with Gasteiger partial charge in [0.2, 0.25) is 0 Å². The number of nitrogens with zero attached hydrogens (tertiary/aromatic N) is 2. The van der Waals surface area contributed by atoms with Crippen molar-refractivity contribution in [3.63, 3.8) is 0 Å². The van der Waals surface area contributed by atoms with Crippen LogP contribution in [0, 0.1) is 22.7 Å². The fourth-order valence-electron chi connectivity index (χ4n) is 2.64. The van der Waals surface area contributed by atoms with E-state index < -0.39 is 34.9 Å². The molecule has 1 unspecified atom stereocenters. The standard InChI is InChI=1S/C20H14N2O5S/c21-9-13-1-5-15(6-2-13)19(23)26-17-11-28(25)12-18(17)27-20(24)16-7-3-14(10-22)4-8-16/h1-8,17-18H,11-12H2/t17-,18+,28?. The fourth-order valence-corrected chi connectivity index (χ4v) is 4.08. The normalized spacial score (nSPS) is 20.6. The van der Waals surface area contributed by atoms with E-state index >= 15 is 0 Å². The van der Waals surface area contributed by atoms with Crippen LogP contribution in [0.5, 0.6) is 0 Å². The summed E-state index contributed by atoms with van der Waals surface area (Å²) in [7, 11) is -1.28. The average Bonchev–Trinajstić information content (AvgIpc) is 3.06. The summed E-state index contributed by atoms with van der Waals surface area (Å²) in [6.45, 7) is 0. The summed E-state index contributed by atoms with van der Waals surface area (Å²) in [4.78, 5) is 24.6. The molecule has 28 heavy (non-hydrogen) atoms. The van der Waals surface area contributed by atoms with Crippen LogP contribution in [0.15, 0.2) is 48.5 Å². The van der Waals surface area contributed by atoms with E-state index in [2.05, 4.69) is 0 Å². The molecule has 3 atom stereocenters. The molecule has 0 N–H and O–H groups in total. The summed E-state index contributed by atoms with van der Waals surface area (Å²) in [6.07, 6.45) is -1.65. The Kier molecular flexibility index (Phi) is 5.83. The minimum atomic E-state index is -1.28. The van der Waals surface area contributed by atoms with Crippen LogP contribution in [0.25, 0.3) is 0 Å². The van der Waals surface area contributed by atoms with Crippen molar-refractivity contribution in [3.8, 4) is 12.1 Å². The first kappa shape index (κ1) is 19.3. The van der Waals surface area contributed by atoms with Gasteiger partial charge in [-0.05, 0) is 48.5 Å². The van der Waals surface area contributed by atoms with E-state index in [0.29, 0.717) is 11.1 Å². The highest BCUT2D eigenvalue weighted by Crippen LogP contribution is 2.20. The topological polar surface area (TPSA) is 117 Å². The van der Waals surface area contributed by atoms with Gasteiger partial charge in [-0.2, -0.15) is 10.5 Å². The third-order valence-electron chi connectivity index (χ3n) is 4.13. The van der Waals surface area contributed by atoms with Gasteiger partial charge in [0.05, 0.1) is 45.9 Å². The molecular weight excluding hydrogens is 380 g/mol. The summed E-state index contributed by atoms with van der Waals surface area (Å²) in [6, 6.07) is 15.7. The van der Waals surface area contributed by atoms with E-state index in [1.165, 1.54) is 48.5 Å². The Bertz CT molecular complexity index is 921. The molecule has 140 valence electrons. The number of rotatable bonds is 4. The summed E-state index contributed by atoms with van der Waals surface area (Å²) >= 11 is 0. The molecule has 0 bridgehead atoms. The van der Waals surface area contributed by atoms with Crippen LogP contribution < -0.4 is 0 Å². The van der Waals surface area contributed by atoms with Gasteiger partial charge in [-0.1, -0.05) is 0 Å².